The summed E-state index contributed by atoms with van der Waals surface area (Å²) in [7, 11) is 3.47. The molecule has 0 spiro atoms. The Morgan fingerprint density at radius 3 is 2.75 bits per heavy atom. The lowest BCUT2D eigenvalue weighted by molar-refractivity contribution is 0.0268. The van der Waals surface area contributed by atoms with Crippen LogP contribution in [0.2, 0.25) is 0 Å². The van der Waals surface area contributed by atoms with E-state index in [1.807, 2.05) is 19.9 Å². The SMILES string of the molecule is CN=C(NCc1cccc(Cn2cncn2)c1)NCC(C)(C)OC. The van der Waals surface area contributed by atoms with Crippen LogP contribution in [-0.4, -0.2) is 47.0 Å². The smallest absolute Gasteiger partial charge is 0.191 e. The van der Waals surface area contributed by atoms with Crippen LogP contribution in [0.25, 0.3) is 0 Å². The third kappa shape index (κ3) is 5.66. The Kier molecular flexibility index (Phi) is 6.31. The van der Waals surface area contributed by atoms with E-state index in [1.54, 1.807) is 31.5 Å². The molecule has 0 radical (unpaired) electrons. The number of nitrogens with one attached hydrogen (secondary N) is 2. The molecule has 2 N–H and O–H groups in total. The van der Waals surface area contributed by atoms with Crippen LogP contribution >= 0.6 is 0 Å². The summed E-state index contributed by atoms with van der Waals surface area (Å²) in [5.41, 5.74) is 2.12. The molecule has 0 amide bonds. The van der Waals surface area contributed by atoms with Crippen molar-refractivity contribution in [1.29, 1.82) is 0 Å². The molecule has 1 heterocycles. The first-order valence-corrected chi connectivity index (χ1v) is 7.92. The van der Waals surface area contributed by atoms with Crippen LogP contribution in [-0.2, 0) is 17.8 Å². The quantitative estimate of drug-likeness (QED) is 0.593. The monoisotopic (exact) mass is 330 g/mol. The maximum Gasteiger partial charge on any atom is 0.191 e. The number of hydrogen-bond acceptors (Lipinski definition) is 4. The lowest BCUT2D eigenvalue weighted by atomic mass is 10.1. The molecule has 0 fully saturated rings. The minimum Gasteiger partial charge on any atom is -0.377 e. The Morgan fingerprint density at radius 2 is 2.08 bits per heavy atom. The molecule has 7 nitrogen and oxygen atoms in total. The van der Waals surface area contributed by atoms with Crippen LogP contribution < -0.4 is 10.6 Å². The molecule has 0 aliphatic rings. The average molecular weight is 330 g/mol. The van der Waals surface area contributed by atoms with Crippen molar-refractivity contribution in [1.82, 2.24) is 25.4 Å². The summed E-state index contributed by atoms with van der Waals surface area (Å²) in [6, 6.07) is 8.37. The molecule has 130 valence electrons. The van der Waals surface area contributed by atoms with Gasteiger partial charge in [-0.25, -0.2) is 9.67 Å². The molecule has 1 aromatic carbocycles. The second kappa shape index (κ2) is 8.44. The topological polar surface area (TPSA) is 76.4 Å². The summed E-state index contributed by atoms with van der Waals surface area (Å²) in [4.78, 5) is 8.20. The van der Waals surface area contributed by atoms with Crippen molar-refractivity contribution >= 4 is 5.96 Å². The number of ether oxygens (including phenoxy) is 1. The molecule has 0 bridgehead atoms. The first-order chi connectivity index (χ1) is 11.5. The number of aliphatic imine (C=N–C) groups is 1. The summed E-state index contributed by atoms with van der Waals surface area (Å²) in [5, 5.41) is 10.7. The summed E-state index contributed by atoms with van der Waals surface area (Å²) < 4.78 is 7.21. The van der Waals surface area contributed by atoms with Crippen LogP contribution in [0.15, 0.2) is 41.9 Å². The number of benzene rings is 1. The molecule has 0 unspecified atom stereocenters. The second-order valence-electron chi connectivity index (χ2n) is 6.16. The Hall–Kier alpha value is -2.41. The van der Waals surface area contributed by atoms with E-state index >= 15 is 0 Å². The van der Waals surface area contributed by atoms with E-state index in [9.17, 15) is 0 Å². The molecule has 0 saturated heterocycles. The lowest BCUT2D eigenvalue weighted by Crippen LogP contribution is -2.45. The second-order valence-corrected chi connectivity index (χ2v) is 6.16. The maximum absolute atomic E-state index is 5.40. The van der Waals surface area contributed by atoms with Crippen molar-refractivity contribution < 1.29 is 4.74 Å². The van der Waals surface area contributed by atoms with Crippen molar-refractivity contribution in [3.05, 3.63) is 48.0 Å². The molecule has 2 aromatic rings. The number of rotatable bonds is 7. The fourth-order valence-electron chi connectivity index (χ4n) is 2.11. The summed E-state index contributed by atoms with van der Waals surface area (Å²) in [6.07, 6.45) is 3.26. The highest BCUT2D eigenvalue weighted by Gasteiger charge is 2.16. The minimum absolute atomic E-state index is 0.241. The van der Waals surface area contributed by atoms with Gasteiger partial charge in [-0.3, -0.25) is 4.99 Å². The molecule has 2 rings (SSSR count). The van der Waals surface area contributed by atoms with Crippen LogP contribution in [0.5, 0.6) is 0 Å². The van der Waals surface area contributed by atoms with Crippen LogP contribution in [0.3, 0.4) is 0 Å². The number of hydrogen-bond donors (Lipinski definition) is 2. The first-order valence-electron chi connectivity index (χ1n) is 7.92. The van der Waals surface area contributed by atoms with E-state index in [4.69, 9.17) is 4.74 Å². The van der Waals surface area contributed by atoms with Gasteiger partial charge in [0.05, 0.1) is 12.1 Å². The zero-order chi connectivity index (χ0) is 17.4. The van der Waals surface area contributed by atoms with E-state index < -0.39 is 0 Å². The first kappa shape index (κ1) is 17.9. The molecule has 24 heavy (non-hydrogen) atoms. The molecule has 0 atom stereocenters. The Labute approximate surface area is 143 Å². The fraction of sp³-hybridized carbons (Fsp3) is 0.471. The maximum atomic E-state index is 5.40. The molecular formula is C17H26N6O. The Bertz CT molecular complexity index is 651. The van der Waals surface area contributed by atoms with E-state index in [2.05, 4.69) is 43.9 Å². The van der Waals surface area contributed by atoms with Gasteiger partial charge in [-0.1, -0.05) is 24.3 Å². The van der Waals surface area contributed by atoms with Gasteiger partial charge in [-0.15, -0.1) is 0 Å². The Balaban J connectivity index is 1.88. The van der Waals surface area contributed by atoms with Crippen molar-refractivity contribution in [2.24, 2.45) is 4.99 Å². The van der Waals surface area contributed by atoms with Crippen molar-refractivity contribution in [2.75, 3.05) is 20.7 Å². The average Bonchev–Trinajstić information content (AvgIpc) is 3.08. The van der Waals surface area contributed by atoms with E-state index in [0.29, 0.717) is 19.6 Å². The third-order valence-corrected chi connectivity index (χ3v) is 3.72. The predicted octanol–water partition coefficient (Wildman–Crippen LogP) is 1.42. The number of aromatic nitrogens is 3. The van der Waals surface area contributed by atoms with E-state index in [0.717, 1.165) is 5.96 Å². The number of methoxy groups -OCH3 is 1. The van der Waals surface area contributed by atoms with E-state index in [1.165, 1.54) is 11.1 Å². The van der Waals surface area contributed by atoms with Gasteiger partial charge < -0.3 is 15.4 Å². The largest absolute Gasteiger partial charge is 0.377 e. The highest BCUT2D eigenvalue weighted by Crippen LogP contribution is 2.07. The third-order valence-electron chi connectivity index (χ3n) is 3.72. The van der Waals surface area contributed by atoms with Gasteiger partial charge in [0, 0.05) is 27.2 Å². The highest BCUT2D eigenvalue weighted by atomic mass is 16.5. The van der Waals surface area contributed by atoms with Gasteiger partial charge in [0.1, 0.15) is 12.7 Å². The lowest BCUT2D eigenvalue weighted by Gasteiger charge is -2.24. The standard InChI is InChI=1S/C17H26N6O/c1-17(2,24-4)11-21-16(18-3)20-9-14-6-5-7-15(8-14)10-23-13-19-12-22-23/h5-8,12-13H,9-11H2,1-4H3,(H2,18,20,21). The number of guanidine groups is 1. The highest BCUT2D eigenvalue weighted by molar-refractivity contribution is 5.79. The van der Waals surface area contributed by atoms with Crippen LogP contribution in [0.4, 0.5) is 0 Å². The van der Waals surface area contributed by atoms with Gasteiger partial charge in [0.15, 0.2) is 5.96 Å². The molecule has 0 aliphatic carbocycles. The van der Waals surface area contributed by atoms with Crippen molar-refractivity contribution in [3.8, 4) is 0 Å². The van der Waals surface area contributed by atoms with Crippen LogP contribution in [0, 0.1) is 0 Å². The number of nitrogens with zero attached hydrogens (tertiary/aromatic N) is 4. The summed E-state index contributed by atoms with van der Waals surface area (Å²) in [5.74, 6) is 0.752. The molecule has 7 heteroatoms. The van der Waals surface area contributed by atoms with Gasteiger partial charge >= 0.3 is 0 Å². The van der Waals surface area contributed by atoms with Crippen molar-refractivity contribution in [2.45, 2.75) is 32.5 Å². The Morgan fingerprint density at radius 1 is 1.29 bits per heavy atom. The van der Waals surface area contributed by atoms with Crippen molar-refractivity contribution in [3.63, 3.8) is 0 Å². The summed E-state index contributed by atoms with van der Waals surface area (Å²) in [6.45, 7) is 6.14. The van der Waals surface area contributed by atoms with Crippen LogP contribution in [0.1, 0.15) is 25.0 Å². The molecule has 1 aromatic heterocycles. The van der Waals surface area contributed by atoms with Gasteiger partial charge in [-0.2, -0.15) is 5.10 Å². The molecular weight excluding hydrogens is 304 g/mol. The molecule has 0 saturated carbocycles. The fourth-order valence-corrected chi connectivity index (χ4v) is 2.11. The normalized spacial score (nSPS) is 12.2. The zero-order valence-corrected chi connectivity index (χ0v) is 14.8. The molecule has 0 aliphatic heterocycles. The van der Waals surface area contributed by atoms with Gasteiger partial charge in [0.25, 0.3) is 0 Å². The minimum atomic E-state index is -0.241. The zero-order valence-electron chi connectivity index (χ0n) is 14.8. The summed E-state index contributed by atoms with van der Waals surface area (Å²) >= 11 is 0. The van der Waals surface area contributed by atoms with Gasteiger partial charge in [0.2, 0.25) is 0 Å². The van der Waals surface area contributed by atoms with E-state index in [-0.39, 0.29) is 5.60 Å². The van der Waals surface area contributed by atoms with Gasteiger partial charge in [-0.05, 0) is 25.0 Å². The predicted molar refractivity (Wildman–Crippen MR) is 94.9 cm³/mol.